The van der Waals surface area contributed by atoms with Crippen LogP contribution in [-0.4, -0.2) is 79.7 Å². The van der Waals surface area contributed by atoms with Crippen LogP contribution in [0.5, 0.6) is 5.75 Å². The van der Waals surface area contributed by atoms with Crippen molar-refractivity contribution in [1.29, 1.82) is 0 Å². The molecule has 0 unspecified atom stereocenters. The van der Waals surface area contributed by atoms with Crippen LogP contribution in [0.2, 0.25) is 0 Å². The van der Waals surface area contributed by atoms with Gasteiger partial charge in [0.1, 0.15) is 24.0 Å². The van der Waals surface area contributed by atoms with Crippen LogP contribution in [-0.2, 0) is 37.2 Å². The fraction of sp³-hybridized carbons (Fsp3) is 0.471. The minimum Gasteiger partial charge on any atom is -0.487 e. The number of aliphatic hydroxyl groups is 1. The molecule has 0 bridgehead atoms. The average molecular weight is 712 g/mol. The van der Waals surface area contributed by atoms with E-state index in [1.807, 2.05) is 0 Å². The van der Waals surface area contributed by atoms with E-state index in [9.17, 15) is 18.3 Å². The number of nitrogens with one attached hydrogen (secondary N) is 1. The van der Waals surface area contributed by atoms with Gasteiger partial charge < -0.3 is 33.8 Å². The molecule has 48 heavy (non-hydrogen) atoms. The van der Waals surface area contributed by atoms with Crippen LogP contribution in [0.3, 0.4) is 0 Å². The van der Waals surface area contributed by atoms with Crippen LogP contribution in [0.25, 0.3) is 11.0 Å². The van der Waals surface area contributed by atoms with Crippen molar-refractivity contribution in [2.45, 2.75) is 69.4 Å². The first-order valence-electron chi connectivity index (χ1n) is 20.8. The molecular weight excluding hydrogens is 659 g/mol. The number of hydrogen-bond acceptors (Lipinski definition) is 11. The van der Waals surface area contributed by atoms with Crippen LogP contribution >= 0.6 is 11.3 Å². The highest BCUT2D eigenvalue weighted by molar-refractivity contribution is 7.89. The van der Waals surface area contributed by atoms with Crippen molar-refractivity contribution < 1.29 is 58.1 Å². The summed E-state index contributed by atoms with van der Waals surface area (Å²) in [6.45, 7) is -13.1. The van der Waals surface area contributed by atoms with E-state index >= 15 is 0 Å². The zero-order valence-electron chi connectivity index (χ0n) is 37.5. The summed E-state index contributed by atoms with van der Waals surface area (Å²) >= 11 is 1.23. The fourth-order valence-electron chi connectivity index (χ4n) is 5.27. The minimum atomic E-state index is -4.95. The summed E-state index contributed by atoms with van der Waals surface area (Å²) < 4.78 is 154. The number of aryl methyl sites for hydroxylation is 1. The Bertz CT molecular complexity index is 2280. The Morgan fingerprint density at radius 1 is 1.27 bits per heavy atom. The van der Waals surface area contributed by atoms with Gasteiger partial charge in [-0.3, -0.25) is 0 Å². The molecule has 0 radical (unpaired) electrons. The third-order valence-corrected chi connectivity index (χ3v) is 10.3. The molecular formula is C34H41N3O9S2. The summed E-state index contributed by atoms with van der Waals surface area (Å²) in [6, 6.07) is 9.05. The van der Waals surface area contributed by atoms with Crippen molar-refractivity contribution in [3.8, 4) is 5.75 Å². The van der Waals surface area contributed by atoms with Gasteiger partial charge in [-0.1, -0.05) is 25.8 Å². The topological polar surface area (TPSA) is 150 Å². The predicted molar refractivity (Wildman–Crippen MR) is 178 cm³/mol. The minimum absolute atomic E-state index is 0.0394. The molecule has 2 N–H and O–H groups in total. The smallest absolute Gasteiger partial charge is 0.407 e. The second kappa shape index (κ2) is 14.9. The summed E-state index contributed by atoms with van der Waals surface area (Å²) in [5.74, 6) is -4.43. The van der Waals surface area contributed by atoms with Crippen molar-refractivity contribution in [2.75, 3.05) is 26.3 Å². The monoisotopic (exact) mass is 711 g/mol. The second-order valence-electron chi connectivity index (χ2n) is 11.1. The van der Waals surface area contributed by atoms with Gasteiger partial charge in [0.05, 0.1) is 59.9 Å². The van der Waals surface area contributed by atoms with Gasteiger partial charge in [0, 0.05) is 33.5 Å². The van der Waals surface area contributed by atoms with Crippen LogP contribution < -0.4 is 10.1 Å². The molecule has 0 spiro atoms. The van der Waals surface area contributed by atoms with Crippen molar-refractivity contribution in [1.82, 2.24) is 14.6 Å². The fourth-order valence-corrected chi connectivity index (χ4v) is 7.27. The van der Waals surface area contributed by atoms with E-state index in [0.29, 0.717) is 20.3 Å². The lowest BCUT2D eigenvalue weighted by Gasteiger charge is -2.31. The molecule has 4 heterocycles. The molecule has 1 amide bonds. The number of nitrogens with zero attached hydrogens (tertiary/aromatic N) is 2. The Balaban J connectivity index is 1.33. The summed E-state index contributed by atoms with van der Waals surface area (Å²) in [7, 11) is -4.95. The Hall–Kier alpha value is -3.53. The number of fused-ring (bicyclic) bond motifs is 2. The third-order valence-electron chi connectivity index (χ3n) is 7.68. The van der Waals surface area contributed by atoms with Crippen molar-refractivity contribution >= 4 is 38.4 Å². The van der Waals surface area contributed by atoms with E-state index in [-0.39, 0.29) is 36.5 Å². The number of furan rings is 1. The van der Waals surface area contributed by atoms with Crippen LogP contribution in [0.4, 0.5) is 4.79 Å². The van der Waals surface area contributed by atoms with E-state index in [1.54, 1.807) is 6.92 Å². The number of rotatable bonds is 14. The number of carbonyl (C=O) groups is 1. The molecule has 4 aromatic rings. The lowest BCUT2D eigenvalue weighted by Crippen LogP contribution is -2.51. The number of ether oxygens (including phenoxy) is 4. The number of benzene rings is 2. The number of aromatic nitrogens is 1. The van der Waals surface area contributed by atoms with Gasteiger partial charge in [-0.25, -0.2) is 18.2 Å². The largest absolute Gasteiger partial charge is 0.487 e. The first-order valence-corrected chi connectivity index (χ1v) is 17.1. The first-order chi connectivity index (χ1) is 27.7. The first kappa shape index (κ1) is 22.2. The second-order valence-corrected chi connectivity index (χ2v) is 14.1. The van der Waals surface area contributed by atoms with Gasteiger partial charge >= 0.3 is 6.09 Å². The SMILES string of the molecule is [2H]C([2H])(Oc1ccc(C[C@H](NC(=O)O[C@]2([2H])[C@@H]3CCO[C@@H]3OC2([2H])[2H])[C@H](O)CN(CC([2H])(C([2H])([2H])[2H])C([2H])([2H])[2H])S(=O)(=O)c2ccc3occc3c2)cc1)c1csc(C)n1. The Morgan fingerprint density at radius 3 is 2.88 bits per heavy atom. The Morgan fingerprint density at radius 2 is 2.10 bits per heavy atom. The van der Waals surface area contributed by atoms with Crippen LogP contribution in [0.15, 0.2) is 69.5 Å². The quantitative estimate of drug-likeness (QED) is 0.185. The number of alkyl carbamates (subject to hydrolysis) is 1. The molecule has 2 aromatic heterocycles. The van der Waals surface area contributed by atoms with E-state index in [4.69, 9.17) is 39.8 Å². The molecule has 2 saturated heterocycles. The normalized spacial score (nSPS) is 28.0. The number of carbonyl (C=O) groups excluding carboxylic acids is 1. The third kappa shape index (κ3) is 8.18. The van der Waals surface area contributed by atoms with Crippen LogP contribution in [0, 0.1) is 18.7 Å². The van der Waals surface area contributed by atoms with Gasteiger partial charge in [-0.2, -0.15) is 4.31 Å². The number of sulfonamides is 1. The van der Waals surface area contributed by atoms with Crippen LogP contribution in [0.1, 0.15) is 52.8 Å². The highest BCUT2D eigenvalue weighted by Crippen LogP contribution is 2.33. The summed E-state index contributed by atoms with van der Waals surface area (Å²) in [5.41, 5.74) is 0.645. The Kier molecular flexibility index (Phi) is 6.92. The molecule has 14 heteroatoms. The van der Waals surface area contributed by atoms with E-state index in [1.165, 1.54) is 65.4 Å². The lowest BCUT2D eigenvalue weighted by atomic mass is 10.0. The molecule has 2 aliphatic heterocycles. The molecule has 2 aromatic carbocycles. The van der Waals surface area contributed by atoms with Crippen molar-refractivity contribution in [2.24, 2.45) is 11.8 Å². The molecule has 2 aliphatic rings. The number of hydrogen-bond donors (Lipinski definition) is 2. The zero-order valence-corrected chi connectivity index (χ0v) is 27.2. The predicted octanol–water partition coefficient (Wildman–Crippen LogP) is 4.88. The maximum absolute atomic E-state index is 14.4. The standard InChI is InChI=1S/C34H41N3O9S2/c1-21(2)16-37(48(40,41)27-8-9-31-24(15-27)10-12-42-31)17-30(38)29(36-34(39)46-32-19-45-33-28(32)11-13-43-33)14-23-4-6-26(7-5-23)44-18-25-20-47-22(3)35-25/h4-10,12,15,20-21,28-30,32-33,38H,11,13-14,16-19H2,1-3H3,(H,36,39)/t28-,29-,30+,32-,33+/m0/s1/i1D3,2D3,18D2,19D2,21D,32D. The maximum atomic E-state index is 14.4. The van der Waals surface area contributed by atoms with Crippen molar-refractivity contribution in [3.05, 3.63) is 76.4 Å². The number of aliphatic hydroxyl groups excluding tert-OH is 1. The van der Waals surface area contributed by atoms with Gasteiger partial charge in [0.2, 0.25) is 10.0 Å². The average Bonchev–Trinajstić information content (AvgIpc) is 3.94. The molecule has 2 fully saturated rings. The van der Waals surface area contributed by atoms with E-state index in [2.05, 4.69) is 10.3 Å². The van der Waals surface area contributed by atoms with Crippen molar-refractivity contribution in [3.63, 3.8) is 0 Å². The molecule has 12 nitrogen and oxygen atoms in total. The van der Waals surface area contributed by atoms with Gasteiger partial charge in [0.15, 0.2) is 6.29 Å². The summed E-state index contributed by atoms with van der Waals surface area (Å²) in [4.78, 5) is 17.3. The Labute approximate surface area is 300 Å². The van der Waals surface area contributed by atoms with Gasteiger partial charge in [-0.05, 0) is 67.6 Å². The number of amides is 1. The number of thiazole rings is 1. The highest BCUT2D eigenvalue weighted by Gasteiger charge is 2.44. The molecule has 5 atom stereocenters. The maximum Gasteiger partial charge on any atom is 0.407 e. The molecule has 6 rings (SSSR count). The molecule has 0 saturated carbocycles. The highest BCUT2D eigenvalue weighted by atomic mass is 32.2. The molecule has 0 aliphatic carbocycles. The molecule has 258 valence electrons. The van der Waals surface area contributed by atoms with Gasteiger partial charge in [0.25, 0.3) is 0 Å². The lowest BCUT2D eigenvalue weighted by molar-refractivity contribution is -0.0907. The zero-order chi connectivity index (χ0) is 44.3. The van der Waals surface area contributed by atoms with E-state index < -0.39 is 97.3 Å². The van der Waals surface area contributed by atoms with Gasteiger partial charge in [-0.15, -0.1) is 11.3 Å². The summed E-state index contributed by atoms with van der Waals surface area (Å²) in [5, 5.41) is 16.7. The summed E-state index contributed by atoms with van der Waals surface area (Å²) in [6.07, 6.45) is -6.30. The van der Waals surface area contributed by atoms with E-state index in [0.717, 1.165) is 6.07 Å².